The highest BCUT2D eigenvalue weighted by Gasteiger charge is 2.66. The lowest BCUT2D eigenvalue weighted by molar-refractivity contribution is -0.150. The van der Waals surface area contributed by atoms with E-state index in [0.717, 1.165) is 22.1 Å². The van der Waals surface area contributed by atoms with Gasteiger partial charge in [0.25, 0.3) is 11.8 Å². The number of anilines is 2. The molecule has 0 aliphatic carbocycles. The lowest BCUT2D eigenvalue weighted by Gasteiger charge is -2.39. The van der Waals surface area contributed by atoms with Crippen LogP contribution in [0.1, 0.15) is 37.0 Å². The number of hydrogen-bond donors (Lipinski definition) is 3. The zero-order chi connectivity index (χ0) is 34.5. The van der Waals surface area contributed by atoms with Gasteiger partial charge in [0.2, 0.25) is 5.91 Å². The maximum absolute atomic E-state index is 14.4. The van der Waals surface area contributed by atoms with Crippen LogP contribution in [-0.2, 0) is 37.7 Å². The van der Waals surface area contributed by atoms with E-state index in [0.29, 0.717) is 29.9 Å². The smallest absolute Gasteiger partial charge is 0.264 e. The number of fused-ring (bicyclic) bond motifs is 3. The number of amides is 3. The average Bonchev–Trinajstić information content (AvgIpc) is 3.49. The van der Waals surface area contributed by atoms with Gasteiger partial charge < -0.3 is 34.8 Å². The van der Waals surface area contributed by atoms with Crippen molar-refractivity contribution < 1.29 is 34.1 Å². The van der Waals surface area contributed by atoms with Crippen LogP contribution in [0.15, 0.2) is 66.7 Å². The summed E-state index contributed by atoms with van der Waals surface area (Å²) in [5.41, 5.74) is 2.37. The standard InChI is InChI=1S/C37H45N3O7Si/c1-22-34(48(5,6)29-14-12-28(46-4)13-15-29)32(19-33(43)40-20-25-10-8-7-9-24(25)17-27(40)21-41)47-37(22)30-18-26(38-35(44)23(2)42)11-16-31(30)39(3)36(37)45/h7-16,18,22-23,27,32,34,41-42H,17,19-21H2,1-6H3,(H,38,44)/t22-,23+,27+,32+,34-,37+/m1/s1. The topological polar surface area (TPSA) is 129 Å². The zero-order valence-electron chi connectivity index (χ0n) is 28.4. The predicted octanol–water partition coefficient (Wildman–Crippen LogP) is 3.54. The molecular weight excluding hydrogens is 627 g/mol. The van der Waals surface area contributed by atoms with E-state index in [1.165, 1.54) is 6.92 Å². The van der Waals surface area contributed by atoms with Crippen LogP contribution in [0.25, 0.3) is 0 Å². The maximum Gasteiger partial charge on any atom is 0.264 e. The Labute approximate surface area is 282 Å². The Kier molecular flexibility index (Phi) is 9.01. The molecule has 0 aromatic heterocycles. The fourth-order valence-corrected chi connectivity index (χ4v) is 12.3. The first-order valence-electron chi connectivity index (χ1n) is 16.5. The van der Waals surface area contributed by atoms with Crippen LogP contribution in [0.5, 0.6) is 5.75 Å². The van der Waals surface area contributed by atoms with Crippen LogP contribution < -0.4 is 20.1 Å². The van der Waals surface area contributed by atoms with Crippen molar-refractivity contribution in [1.29, 1.82) is 0 Å². The first-order chi connectivity index (χ1) is 22.8. The molecule has 6 atom stereocenters. The molecule has 0 radical (unpaired) electrons. The third kappa shape index (κ3) is 5.52. The van der Waals surface area contributed by atoms with E-state index in [4.69, 9.17) is 9.47 Å². The van der Waals surface area contributed by atoms with Gasteiger partial charge in [0.1, 0.15) is 11.9 Å². The fraction of sp³-hybridized carbons (Fsp3) is 0.432. The van der Waals surface area contributed by atoms with Gasteiger partial charge in [0, 0.05) is 30.8 Å². The summed E-state index contributed by atoms with van der Waals surface area (Å²) in [6, 6.07) is 20.9. The number of ether oxygens (including phenoxy) is 2. The van der Waals surface area contributed by atoms with Gasteiger partial charge in [-0.15, -0.1) is 0 Å². The first kappa shape index (κ1) is 33.9. The van der Waals surface area contributed by atoms with E-state index in [2.05, 4.69) is 30.5 Å². The normalized spacial score (nSPS) is 25.5. The minimum Gasteiger partial charge on any atom is -0.497 e. The number of nitrogens with one attached hydrogen (secondary N) is 1. The van der Waals surface area contributed by atoms with Gasteiger partial charge in [-0.1, -0.05) is 61.6 Å². The lowest BCUT2D eigenvalue weighted by atomic mass is 9.82. The van der Waals surface area contributed by atoms with E-state index >= 15 is 0 Å². The molecule has 10 nitrogen and oxygen atoms in total. The van der Waals surface area contributed by atoms with Crippen molar-refractivity contribution in [2.75, 3.05) is 31.0 Å². The van der Waals surface area contributed by atoms with E-state index in [1.54, 1.807) is 42.2 Å². The molecule has 3 heterocycles. The number of aliphatic hydroxyl groups excluding tert-OH is 2. The number of methoxy groups -OCH3 is 1. The van der Waals surface area contributed by atoms with Crippen molar-refractivity contribution in [2.45, 2.75) is 75.7 Å². The van der Waals surface area contributed by atoms with Crippen molar-refractivity contribution in [3.05, 3.63) is 83.4 Å². The van der Waals surface area contributed by atoms with Crippen molar-refractivity contribution in [1.82, 2.24) is 4.90 Å². The summed E-state index contributed by atoms with van der Waals surface area (Å²) in [5, 5.41) is 24.1. The number of aliphatic hydroxyl groups is 2. The van der Waals surface area contributed by atoms with Crippen LogP contribution in [0.4, 0.5) is 11.4 Å². The third-order valence-electron chi connectivity index (χ3n) is 10.9. The number of carbonyl (C=O) groups is 3. The van der Waals surface area contributed by atoms with Crippen molar-refractivity contribution in [3.8, 4) is 5.75 Å². The number of benzene rings is 3. The molecule has 3 aliphatic heterocycles. The molecule has 0 unspecified atom stereocenters. The SMILES string of the molecule is COc1ccc([Si](C)(C)[C@H]2[C@H](CC(=O)N3Cc4ccccc4C[C@H]3CO)O[C@@]3(C(=O)N(C)c4ccc(NC(=O)[C@H](C)O)cc43)[C@@H]2C)cc1. The van der Waals surface area contributed by atoms with Gasteiger partial charge in [0.05, 0.1) is 46.0 Å². The minimum absolute atomic E-state index is 0.0484. The Morgan fingerprint density at radius 3 is 2.44 bits per heavy atom. The Bertz CT molecular complexity index is 1730. The Hall–Kier alpha value is -4.03. The van der Waals surface area contributed by atoms with E-state index in [-0.39, 0.29) is 42.3 Å². The molecule has 3 aliphatic rings. The number of carbonyl (C=O) groups excluding carboxylic acids is 3. The van der Waals surface area contributed by atoms with Crippen molar-refractivity contribution in [2.24, 2.45) is 5.92 Å². The maximum atomic E-state index is 14.4. The second-order valence-electron chi connectivity index (χ2n) is 14.0. The molecule has 1 spiro atoms. The van der Waals surface area contributed by atoms with Crippen LogP contribution in [0.3, 0.4) is 0 Å². The summed E-state index contributed by atoms with van der Waals surface area (Å²) in [6.07, 6.45) is -1.20. The second kappa shape index (κ2) is 12.8. The fourth-order valence-electron chi connectivity index (χ4n) is 8.28. The molecular formula is C37H45N3O7Si. The molecule has 11 heteroatoms. The molecule has 3 amide bonds. The van der Waals surface area contributed by atoms with Crippen LogP contribution in [0.2, 0.25) is 18.6 Å². The second-order valence-corrected chi connectivity index (χ2v) is 18.6. The molecule has 254 valence electrons. The third-order valence-corrected chi connectivity index (χ3v) is 15.2. The Morgan fingerprint density at radius 2 is 1.79 bits per heavy atom. The molecule has 6 rings (SSSR count). The number of rotatable bonds is 8. The summed E-state index contributed by atoms with van der Waals surface area (Å²) in [7, 11) is 0.847. The molecule has 0 saturated carbocycles. The largest absolute Gasteiger partial charge is 0.497 e. The summed E-state index contributed by atoms with van der Waals surface area (Å²) in [6.45, 7) is 8.19. The van der Waals surface area contributed by atoms with E-state index < -0.39 is 31.8 Å². The molecule has 3 aromatic carbocycles. The van der Waals surface area contributed by atoms with E-state index in [1.807, 2.05) is 43.3 Å². The Balaban J connectivity index is 1.42. The molecule has 3 aromatic rings. The van der Waals surface area contributed by atoms with Gasteiger partial charge in [0.15, 0.2) is 5.60 Å². The summed E-state index contributed by atoms with van der Waals surface area (Å²) >= 11 is 0. The summed E-state index contributed by atoms with van der Waals surface area (Å²) < 4.78 is 12.5. The number of likely N-dealkylation sites (N-methyl/N-ethyl adjacent to an activating group) is 1. The van der Waals surface area contributed by atoms with Gasteiger partial charge in [-0.3, -0.25) is 14.4 Å². The zero-order valence-corrected chi connectivity index (χ0v) is 29.4. The highest BCUT2D eigenvalue weighted by molar-refractivity contribution is 6.91. The molecule has 1 fully saturated rings. The number of hydrogen-bond acceptors (Lipinski definition) is 7. The minimum atomic E-state index is -2.50. The van der Waals surface area contributed by atoms with Crippen molar-refractivity contribution in [3.63, 3.8) is 0 Å². The van der Waals surface area contributed by atoms with Crippen molar-refractivity contribution >= 4 is 42.4 Å². The molecule has 3 N–H and O–H groups in total. The van der Waals surface area contributed by atoms with E-state index in [9.17, 15) is 24.6 Å². The number of nitrogens with zero attached hydrogens (tertiary/aromatic N) is 2. The van der Waals surface area contributed by atoms with Gasteiger partial charge in [-0.2, -0.15) is 0 Å². The van der Waals surface area contributed by atoms with Gasteiger partial charge >= 0.3 is 0 Å². The van der Waals surface area contributed by atoms with Crippen LogP contribution in [0, 0.1) is 5.92 Å². The molecule has 0 bridgehead atoms. The first-order valence-corrected chi connectivity index (χ1v) is 19.6. The molecule has 48 heavy (non-hydrogen) atoms. The summed E-state index contributed by atoms with van der Waals surface area (Å²) in [5.74, 6) is -0.495. The predicted molar refractivity (Wildman–Crippen MR) is 186 cm³/mol. The summed E-state index contributed by atoms with van der Waals surface area (Å²) in [4.78, 5) is 44.6. The average molecular weight is 672 g/mol. The quantitative estimate of drug-likeness (QED) is 0.313. The van der Waals surface area contributed by atoms with Gasteiger partial charge in [-0.25, -0.2) is 0 Å². The monoisotopic (exact) mass is 671 g/mol. The Morgan fingerprint density at radius 1 is 1.10 bits per heavy atom. The van der Waals surface area contributed by atoms with Gasteiger partial charge in [-0.05, 0) is 60.3 Å². The van der Waals surface area contributed by atoms with Crippen LogP contribution >= 0.6 is 0 Å². The van der Waals surface area contributed by atoms with Crippen LogP contribution in [-0.4, -0.2) is 79.9 Å². The highest BCUT2D eigenvalue weighted by Crippen LogP contribution is 2.60. The lowest BCUT2D eigenvalue weighted by Crippen LogP contribution is -2.52. The highest BCUT2D eigenvalue weighted by atomic mass is 28.3. The molecule has 1 saturated heterocycles.